The Morgan fingerprint density at radius 1 is 1.22 bits per heavy atom. The number of unbranched alkanes of at least 4 members (excludes halogenated alkanes) is 2. The third kappa shape index (κ3) is 5.22. The van der Waals surface area contributed by atoms with E-state index in [0.29, 0.717) is 25.3 Å². The van der Waals surface area contributed by atoms with E-state index in [0.717, 1.165) is 44.6 Å². The Labute approximate surface area is 161 Å². The molecule has 0 aliphatic carbocycles. The predicted molar refractivity (Wildman–Crippen MR) is 105 cm³/mol. The van der Waals surface area contributed by atoms with Crippen LogP contribution in [0.2, 0.25) is 0 Å². The van der Waals surface area contributed by atoms with Crippen molar-refractivity contribution in [1.82, 2.24) is 15.1 Å². The fourth-order valence-electron chi connectivity index (χ4n) is 3.82. The van der Waals surface area contributed by atoms with Gasteiger partial charge in [-0.15, -0.1) is 0 Å². The number of carbonyl (C=O) groups is 2. The summed E-state index contributed by atoms with van der Waals surface area (Å²) in [6.07, 6.45) is 5.30. The quantitative estimate of drug-likeness (QED) is 0.745. The van der Waals surface area contributed by atoms with Crippen LogP contribution in [0, 0.1) is 0 Å². The van der Waals surface area contributed by atoms with Gasteiger partial charge in [0, 0.05) is 37.8 Å². The first-order valence-electron chi connectivity index (χ1n) is 10.2. The first-order valence-corrected chi connectivity index (χ1v) is 10.2. The van der Waals surface area contributed by atoms with E-state index in [9.17, 15) is 9.59 Å². The van der Waals surface area contributed by atoms with Crippen molar-refractivity contribution in [1.29, 1.82) is 0 Å². The molecule has 1 N–H and O–H groups in total. The summed E-state index contributed by atoms with van der Waals surface area (Å²) in [5.74, 6) is 0.996. The van der Waals surface area contributed by atoms with Crippen molar-refractivity contribution >= 4 is 11.8 Å². The fraction of sp³-hybridized carbons (Fsp3) is 0.619. The highest BCUT2D eigenvalue weighted by atomic mass is 16.5. The van der Waals surface area contributed by atoms with Crippen LogP contribution in [-0.4, -0.2) is 67.0 Å². The van der Waals surface area contributed by atoms with Crippen LogP contribution in [0.15, 0.2) is 24.3 Å². The topological polar surface area (TPSA) is 61.9 Å². The number of amides is 2. The Hall–Kier alpha value is -2.08. The predicted octanol–water partition coefficient (Wildman–Crippen LogP) is 2.29. The zero-order valence-electron chi connectivity index (χ0n) is 16.3. The zero-order valence-corrected chi connectivity index (χ0v) is 16.3. The molecule has 3 rings (SSSR count). The maximum Gasteiger partial charge on any atom is 0.253 e. The molecule has 27 heavy (non-hydrogen) atoms. The van der Waals surface area contributed by atoms with Gasteiger partial charge in [0.15, 0.2) is 0 Å². The van der Waals surface area contributed by atoms with Crippen LogP contribution in [-0.2, 0) is 4.79 Å². The lowest BCUT2D eigenvalue weighted by Gasteiger charge is -2.41. The van der Waals surface area contributed by atoms with Crippen molar-refractivity contribution in [3.8, 4) is 5.75 Å². The van der Waals surface area contributed by atoms with E-state index in [1.165, 1.54) is 12.8 Å². The lowest BCUT2D eigenvalue weighted by molar-refractivity contribution is -0.135. The number of hydrogen-bond acceptors (Lipinski definition) is 4. The standard InChI is InChI=1S/C21H31N3O3/c1-2-3-4-14-27-19-9-7-17(8-10-19)21(26)23-12-5-6-18(16-23)24-13-11-22-15-20(24)25/h7-10,18,22H,2-6,11-16H2,1H3. The van der Waals surface area contributed by atoms with Gasteiger partial charge in [0.1, 0.15) is 5.75 Å². The molecular formula is C21H31N3O3. The molecule has 2 aliphatic rings. The van der Waals surface area contributed by atoms with Crippen molar-refractivity contribution in [3.05, 3.63) is 29.8 Å². The maximum absolute atomic E-state index is 12.9. The second-order valence-corrected chi connectivity index (χ2v) is 7.39. The van der Waals surface area contributed by atoms with Gasteiger partial charge < -0.3 is 19.9 Å². The molecule has 1 atom stereocenters. The average molecular weight is 373 g/mol. The number of carbonyl (C=O) groups excluding carboxylic acids is 2. The van der Waals surface area contributed by atoms with Gasteiger partial charge in [-0.1, -0.05) is 19.8 Å². The first kappa shape index (κ1) is 19.7. The second kappa shape index (κ2) is 9.74. The summed E-state index contributed by atoms with van der Waals surface area (Å²) in [5.41, 5.74) is 0.684. The van der Waals surface area contributed by atoms with Gasteiger partial charge in [-0.3, -0.25) is 9.59 Å². The van der Waals surface area contributed by atoms with Crippen LogP contribution >= 0.6 is 0 Å². The molecule has 2 amide bonds. The van der Waals surface area contributed by atoms with Crippen molar-refractivity contribution in [2.24, 2.45) is 0 Å². The average Bonchev–Trinajstić information content (AvgIpc) is 2.72. The normalized spacial score (nSPS) is 20.6. The van der Waals surface area contributed by atoms with Crippen LogP contribution in [0.1, 0.15) is 49.4 Å². The molecular weight excluding hydrogens is 342 g/mol. The maximum atomic E-state index is 12.9. The zero-order chi connectivity index (χ0) is 19.1. The molecule has 0 radical (unpaired) electrons. The van der Waals surface area contributed by atoms with Crippen LogP contribution in [0.4, 0.5) is 0 Å². The molecule has 1 aromatic carbocycles. The fourth-order valence-corrected chi connectivity index (χ4v) is 3.82. The highest BCUT2D eigenvalue weighted by molar-refractivity contribution is 5.94. The summed E-state index contributed by atoms with van der Waals surface area (Å²) in [4.78, 5) is 28.9. The van der Waals surface area contributed by atoms with Crippen molar-refractivity contribution in [2.75, 3.05) is 39.3 Å². The van der Waals surface area contributed by atoms with Crippen LogP contribution in [0.25, 0.3) is 0 Å². The summed E-state index contributed by atoms with van der Waals surface area (Å²) >= 11 is 0. The number of nitrogens with one attached hydrogen (secondary N) is 1. The molecule has 2 aliphatic heterocycles. The van der Waals surface area contributed by atoms with E-state index in [1.807, 2.05) is 34.1 Å². The van der Waals surface area contributed by atoms with E-state index < -0.39 is 0 Å². The number of benzene rings is 1. The molecule has 6 nitrogen and oxygen atoms in total. The molecule has 2 saturated heterocycles. The number of rotatable bonds is 7. The van der Waals surface area contributed by atoms with E-state index in [2.05, 4.69) is 12.2 Å². The SMILES string of the molecule is CCCCCOc1ccc(C(=O)N2CCCC(N3CCNCC3=O)C2)cc1. The molecule has 1 aromatic rings. The van der Waals surface area contributed by atoms with Gasteiger partial charge in [-0.05, 0) is 43.5 Å². The largest absolute Gasteiger partial charge is 0.494 e. The molecule has 2 fully saturated rings. The van der Waals surface area contributed by atoms with Crippen molar-refractivity contribution in [3.63, 3.8) is 0 Å². The molecule has 0 saturated carbocycles. The number of piperidine rings is 1. The Morgan fingerprint density at radius 3 is 2.78 bits per heavy atom. The van der Waals surface area contributed by atoms with E-state index in [1.54, 1.807) is 0 Å². The minimum absolute atomic E-state index is 0.0415. The highest BCUT2D eigenvalue weighted by Gasteiger charge is 2.31. The van der Waals surface area contributed by atoms with Gasteiger partial charge in [0.2, 0.25) is 5.91 Å². The number of likely N-dealkylation sites (tertiary alicyclic amines) is 1. The Bertz CT molecular complexity index is 632. The van der Waals surface area contributed by atoms with Crippen molar-refractivity contribution in [2.45, 2.75) is 45.1 Å². The van der Waals surface area contributed by atoms with E-state index in [4.69, 9.17) is 4.74 Å². The van der Waals surface area contributed by atoms with Gasteiger partial charge in [0.05, 0.1) is 13.2 Å². The monoisotopic (exact) mass is 373 g/mol. The summed E-state index contributed by atoms with van der Waals surface area (Å²) in [6, 6.07) is 7.58. The van der Waals surface area contributed by atoms with Crippen LogP contribution in [0.3, 0.4) is 0 Å². The van der Waals surface area contributed by atoms with E-state index >= 15 is 0 Å². The Kier molecular flexibility index (Phi) is 7.10. The second-order valence-electron chi connectivity index (χ2n) is 7.39. The van der Waals surface area contributed by atoms with Gasteiger partial charge in [-0.2, -0.15) is 0 Å². The van der Waals surface area contributed by atoms with Gasteiger partial charge in [-0.25, -0.2) is 0 Å². The molecule has 0 bridgehead atoms. The summed E-state index contributed by atoms with van der Waals surface area (Å²) in [5, 5.41) is 3.11. The van der Waals surface area contributed by atoms with Crippen molar-refractivity contribution < 1.29 is 14.3 Å². The number of piperazine rings is 1. The molecule has 0 spiro atoms. The highest BCUT2D eigenvalue weighted by Crippen LogP contribution is 2.20. The summed E-state index contributed by atoms with van der Waals surface area (Å²) in [6.45, 7) is 6.23. The number of nitrogens with zero attached hydrogens (tertiary/aromatic N) is 2. The minimum atomic E-state index is 0.0415. The molecule has 0 aromatic heterocycles. The number of hydrogen-bond donors (Lipinski definition) is 1. The lowest BCUT2D eigenvalue weighted by atomic mass is 10.0. The third-order valence-corrected chi connectivity index (χ3v) is 5.37. The third-order valence-electron chi connectivity index (χ3n) is 5.37. The molecule has 6 heteroatoms. The molecule has 2 heterocycles. The Balaban J connectivity index is 1.55. The minimum Gasteiger partial charge on any atom is -0.494 e. The van der Waals surface area contributed by atoms with Gasteiger partial charge in [0.25, 0.3) is 5.91 Å². The lowest BCUT2D eigenvalue weighted by Crippen LogP contribution is -2.57. The first-order chi connectivity index (χ1) is 13.2. The summed E-state index contributed by atoms with van der Waals surface area (Å²) in [7, 11) is 0. The van der Waals surface area contributed by atoms with Gasteiger partial charge >= 0.3 is 0 Å². The van der Waals surface area contributed by atoms with Crippen LogP contribution < -0.4 is 10.1 Å². The Morgan fingerprint density at radius 2 is 2.04 bits per heavy atom. The summed E-state index contributed by atoms with van der Waals surface area (Å²) < 4.78 is 5.72. The van der Waals surface area contributed by atoms with E-state index in [-0.39, 0.29) is 17.9 Å². The number of ether oxygens (including phenoxy) is 1. The molecule has 148 valence electrons. The van der Waals surface area contributed by atoms with Crippen LogP contribution in [0.5, 0.6) is 5.75 Å². The smallest absolute Gasteiger partial charge is 0.253 e. The molecule has 1 unspecified atom stereocenters.